The molecule has 0 spiro atoms. The van der Waals surface area contributed by atoms with E-state index in [-0.39, 0.29) is 0 Å². The molecule has 0 bridgehead atoms. The monoisotopic (exact) mass is 128 g/mol. The molecule has 0 saturated carbocycles. The molecule has 0 aromatic heterocycles. The van der Waals surface area contributed by atoms with Gasteiger partial charge in [-0.1, -0.05) is 26.2 Å². The van der Waals surface area contributed by atoms with E-state index in [0.717, 1.165) is 13.0 Å². The number of carbonyl (C=O) groups excluding carboxylic acids is 1. The molecule has 2 nitrogen and oxygen atoms in total. The average molecular weight is 128 g/mol. The van der Waals surface area contributed by atoms with E-state index in [9.17, 15) is 4.79 Å². The fourth-order valence-electron chi connectivity index (χ4n) is 0.691. The molecular formula is C7H14NO. The Hall–Kier alpha value is -0.530. The second-order valence-corrected chi connectivity index (χ2v) is 2.09. The first-order valence-electron chi connectivity index (χ1n) is 3.51. The Morgan fingerprint density at radius 2 is 2.11 bits per heavy atom. The first-order chi connectivity index (χ1) is 4.41. The molecule has 0 fully saturated rings. The summed E-state index contributed by atoms with van der Waals surface area (Å²) in [6.45, 7) is 2.95. The highest BCUT2D eigenvalue weighted by Crippen LogP contribution is 1.96. The Morgan fingerprint density at radius 1 is 1.33 bits per heavy atom. The number of amides is 1. The van der Waals surface area contributed by atoms with E-state index < -0.39 is 0 Å². The van der Waals surface area contributed by atoms with Crippen molar-refractivity contribution in [2.24, 2.45) is 0 Å². The molecule has 1 N–H and O–H groups in total. The lowest BCUT2D eigenvalue weighted by Gasteiger charge is -1.95. The standard InChI is InChI=1S/C7H14NO/c1-2-3-4-5-6-8-7-9/h2-6H2,1H3,(H,8,9). The summed E-state index contributed by atoms with van der Waals surface area (Å²) in [5.74, 6) is 0. The molecule has 0 unspecified atom stereocenters. The number of hydrogen-bond donors (Lipinski definition) is 1. The first kappa shape index (κ1) is 8.47. The third kappa shape index (κ3) is 7.47. The minimum atomic E-state index is 0.781. The van der Waals surface area contributed by atoms with Crippen LogP contribution in [-0.2, 0) is 4.79 Å². The van der Waals surface area contributed by atoms with Crippen LogP contribution in [0, 0.1) is 0 Å². The average Bonchev–Trinajstić information content (AvgIpc) is 1.89. The van der Waals surface area contributed by atoms with Gasteiger partial charge in [-0.25, -0.2) is 0 Å². The van der Waals surface area contributed by atoms with Crippen LogP contribution in [0.2, 0.25) is 0 Å². The zero-order valence-corrected chi connectivity index (χ0v) is 5.94. The SMILES string of the molecule is CCCCCCN[C]=O. The zero-order valence-electron chi connectivity index (χ0n) is 5.94. The van der Waals surface area contributed by atoms with Gasteiger partial charge in [0.1, 0.15) is 0 Å². The lowest BCUT2D eigenvalue weighted by Crippen LogP contribution is -2.11. The van der Waals surface area contributed by atoms with Crippen LogP contribution >= 0.6 is 0 Å². The minimum absolute atomic E-state index is 0.781. The number of rotatable bonds is 6. The van der Waals surface area contributed by atoms with Gasteiger partial charge < -0.3 is 5.32 Å². The van der Waals surface area contributed by atoms with Gasteiger partial charge in [0, 0.05) is 6.54 Å². The van der Waals surface area contributed by atoms with E-state index in [4.69, 9.17) is 0 Å². The molecule has 0 saturated heterocycles. The van der Waals surface area contributed by atoms with Crippen molar-refractivity contribution in [2.45, 2.75) is 32.6 Å². The van der Waals surface area contributed by atoms with Crippen molar-refractivity contribution in [1.82, 2.24) is 5.32 Å². The molecule has 0 heterocycles. The molecule has 2 heteroatoms. The van der Waals surface area contributed by atoms with Gasteiger partial charge in [-0.15, -0.1) is 0 Å². The van der Waals surface area contributed by atoms with E-state index in [1.807, 2.05) is 0 Å². The van der Waals surface area contributed by atoms with Gasteiger partial charge >= 0.3 is 6.41 Å². The van der Waals surface area contributed by atoms with Crippen LogP contribution in [0.3, 0.4) is 0 Å². The van der Waals surface area contributed by atoms with E-state index in [1.54, 1.807) is 6.41 Å². The van der Waals surface area contributed by atoms with Crippen molar-refractivity contribution < 1.29 is 4.79 Å². The summed E-state index contributed by atoms with van der Waals surface area (Å²) >= 11 is 0. The molecule has 53 valence electrons. The summed E-state index contributed by atoms with van der Waals surface area (Å²) in [6, 6.07) is 0. The summed E-state index contributed by atoms with van der Waals surface area (Å²) in [5.41, 5.74) is 0. The maximum absolute atomic E-state index is 9.60. The maximum atomic E-state index is 9.60. The fourth-order valence-corrected chi connectivity index (χ4v) is 0.691. The molecular weight excluding hydrogens is 114 g/mol. The van der Waals surface area contributed by atoms with Crippen molar-refractivity contribution >= 4 is 6.41 Å². The van der Waals surface area contributed by atoms with Crippen LogP contribution in [0.15, 0.2) is 0 Å². The molecule has 0 aromatic carbocycles. The molecule has 0 aliphatic rings. The van der Waals surface area contributed by atoms with E-state index in [1.165, 1.54) is 19.3 Å². The predicted molar refractivity (Wildman–Crippen MR) is 37.8 cm³/mol. The Labute approximate surface area is 56.6 Å². The quantitative estimate of drug-likeness (QED) is 0.423. The van der Waals surface area contributed by atoms with Gasteiger partial charge in [-0.3, -0.25) is 4.79 Å². The molecule has 0 atom stereocenters. The second kappa shape index (κ2) is 7.47. The molecule has 0 rings (SSSR count). The molecule has 0 aliphatic heterocycles. The predicted octanol–water partition coefficient (Wildman–Crippen LogP) is 1.22. The van der Waals surface area contributed by atoms with Gasteiger partial charge in [0.05, 0.1) is 0 Å². The van der Waals surface area contributed by atoms with Crippen LogP contribution in [0.1, 0.15) is 32.6 Å². The topological polar surface area (TPSA) is 29.1 Å². The van der Waals surface area contributed by atoms with Crippen LogP contribution in [0.5, 0.6) is 0 Å². The van der Waals surface area contributed by atoms with Crippen molar-refractivity contribution in [1.29, 1.82) is 0 Å². The highest BCUT2D eigenvalue weighted by Gasteiger charge is 1.84. The number of unbranched alkanes of at least 4 members (excludes halogenated alkanes) is 3. The van der Waals surface area contributed by atoms with Gasteiger partial charge in [-0.05, 0) is 6.42 Å². The minimum Gasteiger partial charge on any atom is -0.348 e. The van der Waals surface area contributed by atoms with E-state index >= 15 is 0 Å². The van der Waals surface area contributed by atoms with Crippen LogP contribution in [-0.4, -0.2) is 13.0 Å². The fraction of sp³-hybridized carbons (Fsp3) is 0.857. The normalized spacial score (nSPS) is 9.00. The van der Waals surface area contributed by atoms with Crippen molar-refractivity contribution in [3.8, 4) is 0 Å². The highest BCUT2D eigenvalue weighted by atomic mass is 16.1. The maximum Gasteiger partial charge on any atom is 0.309 e. The van der Waals surface area contributed by atoms with Gasteiger partial charge in [0.2, 0.25) is 0 Å². The molecule has 1 amide bonds. The van der Waals surface area contributed by atoms with Crippen molar-refractivity contribution in [3.63, 3.8) is 0 Å². The third-order valence-electron chi connectivity index (χ3n) is 1.23. The number of hydrogen-bond acceptors (Lipinski definition) is 1. The summed E-state index contributed by atoms with van der Waals surface area (Å²) < 4.78 is 0. The molecule has 9 heavy (non-hydrogen) atoms. The van der Waals surface area contributed by atoms with E-state index in [0.29, 0.717) is 0 Å². The summed E-state index contributed by atoms with van der Waals surface area (Å²) in [7, 11) is 0. The Balaban J connectivity index is 2.66. The summed E-state index contributed by atoms with van der Waals surface area (Å²) in [6.07, 6.45) is 6.45. The number of nitrogens with one attached hydrogen (secondary N) is 1. The molecule has 0 aromatic rings. The largest absolute Gasteiger partial charge is 0.348 e. The van der Waals surface area contributed by atoms with Crippen LogP contribution < -0.4 is 5.32 Å². The Kier molecular flexibility index (Phi) is 7.03. The van der Waals surface area contributed by atoms with Gasteiger partial charge in [-0.2, -0.15) is 0 Å². The van der Waals surface area contributed by atoms with Crippen molar-refractivity contribution in [3.05, 3.63) is 0 Å². The second-order valence-electron chi connectivity index (χ2n) is 2.09. The summed E-state index contributed by atoms with van der Waals surface area (Å²) in [5, 5.41) is 2.50. The highest BCUT2D eigenvalue weighted by molar-refractivity contribution is 5.46. The van der Waals surface area contributed by atoms with E-state index in [2.05, 4.69) is 12.2 Å². The third-order valence-corrected chi connectivity index (χ3v) is 1.23. The van der Waals surface area contributed by atoms with Gasteiger partial charge in [0.15, 0.2) is 0 Å². The van der Waals surface area contributed by atoms with Crippen LogP contribution in [0.25, 0.3) is 0 Å². The van der Waals surface area contributed by atoms with Gasteiger partial charge in [0.25, 0.3) is 0 Å². The Morgan fingerprint density at radius 3 is 2.67 bits per heavy atom. The van der Waals surface area contributed by atoms with Crippen molar-refractivity contribution in [2.75, 3.05) is 6.54 Å². The lowest BCUT2D eigenvalue weighted by molar-refractivity contribution is 0.537. The first-order valence-corrected chi connectivity index (χ1v) is 3.51. The smallest absolute Gasteiger partial charge is 0.309 e. The van der Waals surface area contributed by atoms with Crippen LogP contribution in [0.4, 0.5) is 0 Å². The summed E-state index contributed by atoms with van der Waals surface area (Å²) in [4.78, 5) is 9.60. The zero-order chi connectivity index (χ0) is 6.95. The lowest BCUT2D eigenvalue weighted by atomic mass is 10.2. The molecule has 1 radical (unpaired) electrons. The molecule has 0 aliphatic carbocycles. The Bertz CT molecular complexity index is 63.9.